The van der Waals surface area contributed by atoms with Crippen molar-refractivity contribution in [3.05, 3.63) is 29.3 Å². The van der Waals surface area contributed by atoms with Gasteiger partial charge in [0.1, 0.15) is 5.75 Å². The van der Waals surface area contributed by atoms with Crippen molar-refractivity contribution in [2.75, 3.05) is 27.7 Å². The molecule has 0 saturated carbocycles. The second-order valence-electron chi connectivity index (χ2n) is 4.61. The van der Waals surface area contributed by atoms with Gasteiger partial charge >= 0.3 is 0 Å². The smallest absolute Gasteiger partial charge is 0.259 e. The van der Waals surface area contributed by atoms with E-state index in [-0.39, 0.29) is 12.5 Å². The highest BCUT2D eigenvalue weighted by Crippen LogP contribution is 2.22. The molecule has 1 rings (SSSR count). The lowest BCUT2D eigenvalue weighted by Crippen LogP contribution is -2.27. The molecule has 18 heavy (non-hydrogen) atoms. The van der Waals surface area contributed by atoms with Crippen molar-refractivity contribution >= 4 is 5.91 Å². The molecule has 1 aromatic carbocycles. The van der Waals surface area contributed by atoms with Crippen LogP contribution in [0.5, 0.6) is 5.75 Å². The largest absolute Gasteiger partial charge is 0.484 e. The van der Waals surface area contributed by atoms with Crippen LogP contribution in [0.3, 0.4) is 0 Å². The number of likely N-dealkylation sites (N-methyl/N-ethyl adjacent to an activating group) is 1. The standard InChI is InChI=1S/C14H22N2O2/c1-10-8-12(11(2)15-3)6-7-13(10)18-9-14(17)16(4)5/h6-8,11,15H,9H2,1-5H3. The van der Waals surface area contributed by atoms with Gasteiger partial charge in [-0.25, -0.2) is 0 Å². The first kappa shape index (κ1) is 14.5. The third kappa shape index (κ3) is 3.74. The zero-order chi connectivity index (χ0) is 13.7. The van der Waals surface area contributed by atoms with Gasteiger partial charge in [-0.15, -0.1) is 0 Å². The van der Waals surface area contributed by atoms with Crippen LogP contribution in [0.1, 0.15) is 24.1 Å². The van der Waals surface area contributed by atoms with E-state index in [1.54, 1.807) is 14.1 Å². The summed E-state index contributed by atoms with van der Waals surface area (Å²) in [5, 5.41) is 3.19. The minimum absolute atomic E-state index is 0.0398. The third-order valence-corrected chi connectivity index (χ3v) is 2.98. The number of nitrogens with zero attached hydrogens (tertiary/aromatic N) is 1. The Morgan fingerprint density at radius 1 is 1.44 bits per heavy atom. The number of benzene rings is 1. The molecule has 0 heterocycles. The van der Waals surface area contributed by atoms with Gasteiger partial charge in [-0.05, 0) is 38.1 Å². The molecule has 0 aliphatic heterocycles. The molecule has 4 heteroatoms. The molecule has 0 fully saturated rings. The molecule has 4 nitrogen and oxygen atoms in total. The number of rotatable bonds is 5. The molecule has 0 spiro atoms. The Morgan fingerprint density at radius 3 is 2.61 bits per heavy atom. The average molecular weight is 250 g/mol. The summed E-state index contributed by atoms with van der Waals surface area (Å²) < 4.78 is 5.52. The van der Waals surface area contributed by atoms with Crippen LogP contribution >= 0.6 is 0 Å². The molecule has 0 bridgehead atoms. The number of aryl methyl sites for hydroxylation is 1. The fraction of sp³-hybridized carbons (Fsp3) is 0.500. The monoisotopic (exact) mass is 250 g/mol. The summed E-state index contributed by atoms with van der Waals surface area (Å²) in [7, 11) is 5.37. The molecule has 1 unspecified atom stereocenters. The van der Waals surface area contributed by atoms with E-state index in [1.807, 2.05) is 26.1 Å². The first-order chi connectivity index (χ1) is 8.45. The van der Waals surface area contributed by atoms with Crippen LogP contribution < -0.4 is 10.1 Å². The third-order valence-electron chi connectivity index (χ3n) is 2.98. The van der Waals surface area contributed by atoms with E-state index in [0.717, 1.165) is 11.3 Å². The number of carbonyl (C=O) groups is 1. The average Bonchev–Trinajstić information content (AvgIpc) is 2.35. The van der Waals surface area contributed by atoms with Crippen molar-refractivity contribution < 1.29 is 9.53 Å². The number of amides is 1. The SMILES string of the molecule is CNC(C)c1ccc(OCC(=O)N(C)C)c(C)c1. The van der Waals surface area contributed by atoms with E-state index in [9.17, 15) is 4.79 Å². The lowest BCUT2D eigenvalue weighted by Gasteiger charge is -2.15. The number of hydrogen-bond donors (Lipinski definition) is 1. The van der Waals surface area contributed by atoms with Crippen LogP contribution in [-0.2, 0) is 4.79 Å². The van der Waals surface area contributed by atoms with E-state index in [4.69, 9.17) is 4.74 Å². The highest BCUT2D eigenvalue weighted by molar-refractivity contribution is 5.77. The molecule has 1 amide bonds. The fourth-order valence-corrected chi connectivity index (χ4v) is 1.54. The maximum absolute atomic E-state index is 11.4. The topological polar surface area (TPSA) is 41.6 Å². The van der Waals surface area contributed by atoms with Crippen LogP contribution in [0.2, 0.25) is 0 Å². The number of ether oxygens (including phenoxy) is 1. The highest BCUT2D eigenvalue weighted by atomic mass is 16.5. The zero-order valence-corrected chi connectivity index (χ0v) is 11.8. The molecule has 0 saturated heterocycles. The Morgan fingerprint density at radius 2 is 2.11 bits per heavy atom. The van der Waals surface area contributed by atoms with Crippen molar-refractivity contribution in [1.82, 2.24) is 10.2 Å². The first-order valence-electron chi connectivity index (χ1n) is 6.06. The zero-order valence-electron chi connectivity index (χ0n) is 11.8. The Bertz CT molecular complexity index is 416. The summed E-state index contributed by atoms with van der Waals surface area (Å²) in [4.78, 5) is 13.0. The summed E-state index contributed by atoms with van der Waals surface area (Å²) in [6.45, 7) is 4.17. The van der Waals surface area contributed by atoms with Crippen LogP contribution in [-0.4, -0.2) is 38.6 Å². The van der Waals surface area contributed by atoms with E-state index in [1.165, 1.54) is 10.5 Å². The van der Waals surface area contributed by atoms with Gasteiger partial charge in [-0.3, -0.25) is 4.79 Å². The molecule has 100 valence electrons. The summed E-state index contributed by atoms with van der Waals surface area (Å²) in [5.74, 6) is 0.722. The molecule has 0 radical (unpaired) electrons. The van der Waals surface area contributed by atoms with Crippen molar-refractivity contribution in [2.45, 2.75) is 19.9 Å². The molecule has 0 aromatic heterocycles. The Balaban J connectivity index is 2.71. The molecule has 0 aliphatic rings. The van der Waals surface area contributed by atoms with Crippen molar-refractivity contribution in [3.8, 4) is 5.75 Å². The van der Waals surface area contributed by atoms with E-state index in [2.05, 4.69) is 18.3 Å². The summed E-state index contributed by atoms with van der Waals surface area (Å²) in [6.07, 6.45) is 0. The Kier molecular flexibility index (Phi) is 5.16. The lowest BCUT2D eigenvalue weighted by molar-refractivity contribution is -0.130. The van der Waals surface area contributed by atoms with E-state index >= 15 is 0 Å². The van der Waals surface area contributed by atoms with Crippen LogP contribution in [0.4, 0.5) is 0 Å². The van der Waals surface area contributed by atoms with Crippen LogP contribution in [0.25, 0.3) is 0 Å². The summed E-state index contributed by atoms with van der Waals surface area (Å²) in [5.41, 5.74) is 2.25. The van der Waals surface area contributed by atoms with Gasteiger partial charge in [0.05, 0.1) is 0 Å². The van der Waals surface area contributed by atoms with E-state index < -0.39 is 0 Å². The molecular formula is C14H22N2O2. The summed E-state index contributed by atoms with van der Waals surface area (Å²) in [6, 6.07) is 6.32. The minimum Gasteiger partial charge on any atom is -0.484 e. The van der Waals surface area contributed by atoms with Crippen molar-refractivity contribution in [3.63, 3.8) is 0 Å². The van der Waals surface area contributed by atoms with Crippen LogP contribution in [0.15, 0.2) is 18.2 Å². The van der Waals surface area contributed by atoms with Crippen molar-refractivity contribution in [1.29, 1.82) is 0 Å². The predicted octanol–water partition coefficient (Wildman–Crippen LogP) is 1.74. The van der Waals surface area contributed by atoms with Gasteiger partial charge in [0, 0.05) is 20.1 Å². The molecule has 1 aromatic rings. The second-order valence-corrected chi connectivity index (χ2v) is 4.61. The van der Waals surface area contributed by atoms with Gasteiger partial charge in [-0.2, -0.15) is 0 Å². The first-order valence-corrected chi connectivity index (χ1v) is 6.06. The quantitative estimate of drug-likeness (QED) is 0.865. The van der Waals surface area contributed by atoms with Gasteiger partial charge in [0.15, 0.2) is 6.61 Å². The predicted molar refractivity (Wildman–Crippen MR) is 72.8 cm³/mol. The van der Waals surface area contributed by atoms with Crippen molar-refractivity contribution in [2.24, 2.45) is 0 Å². The highest BCUT2D eigenvalue weighted by Gasteiger charge is 2.08. The normalized spacial score (nSPS) is 12.1. The van der Waals surface area contributed by atoms with E-state index in [0.29, 0.717) is 6.04 Å². The molecule has 1 atom stereocenters. The number of carbonyl (C=O) groups excluding carboxylic acids is 1. The Hall–Kier alpha value is -1.55. The number of nitrogens with one attached hydrogen (secondary N) is 1. The molecule has 0 aliphatic carbocycles. The fourth-order valence-electron chi connectivity index (χ4n) is 1.54. The molecular weight excluding hydrogens is 228 g/mol. The Labute approximate surface area is 109 Å². The van der Waals surface area contributed by atoms with Gasteiger partial charge in [0.25, 0.3) is 5.91 Å². The second kappa shape index (κ2) is 6.40. The van der Waals surface area contributed by atoms with Gasteiger partial charge in [-0.1, -0.05) is 12.1 Å². The maximum Gasteiger partial charge on any atom is 0.259 e. The minimum atomic E-state index is -0.0398. The van der Waals surface area contributed by atoms with Gasteiger partial charge in [0.2, 0.25) is 0 Å². The maximum atomic E-state index is 11.4. The van der Waals surface area contributed by atoms with Gasteiger partial charge < -0.3 is 15.0 Å². The summed E-state index contributed by atoms with van der Waals surface area (Å²) >= 11 is 0. The lowest BCUT2D eigenvalue weighted by atomic mass is 10.1. The van der Waals surface area contributed by atoms with Crippen LogP contribution in [0, 0.1) is 6.92 Å². The molecule has 1 N–H and O–H groups in total. The number of hydrogen-bond acceptors (Lipinski definition) is 3.